The third-order valence-electron chi connectivity index (χ3n) is 4.24. The number of nitrogens with one attached hydrogen (secondary N) is 2. The number of furan rings is 1. The molecule has 0 radical (unpaired) electrons. The van der Waals surface area contributed by atoms with Gasteiger partial charge in [0.1, 0.15) is 0 Å². The average molecular weight is 380 g/mol. The molecule has 1 fully saturated rings. The molecular formula is C18H22ClN3O2S. The average Bonchev–Trinajstić information content (AvgIpc) is 3.17. The van der Waals surface area contributed by atoms with Crippen LogP contribution in [-0.2, 0) is 6.54 Å². The minimum Gasteiger partial charge on any atom is -0.472 e. The smallest absolute Gasteiger partial charge is 0.315 e. The molecule has 1 aromatic carbocycles. The molecule has 3 rings (SSSR count). The molecule has 0 saturated carbocycles. The van der Waals surface area contributed by atoms with Gasteiger partial charge in [-0.25, -0.2) is 4.79 Å². The van der Waals surface area contributed by atoms with Crippen molar-refractivity contribution in [1.82, 2.24) is 15.5 Å². The van der Waals surface area contributed by atoms with Crippen LogP contribution in [0.5, 0.6) is 0 Å². The Bertz CT molecular complexity index is 657. The number of urea groups is 1. The Morgan fingerprint density at radius 3 is 2.64 bits per heavy atom. The first-order valence-corrected chi connectivity index (χ1v) is 9.85. The standard InChI is InChI=1S/C18H22ClN3O2S/c19-16-3-1-14(2-4-16)11-20-18(23)21-12-17(15-5-8-24-13-15)22-6-9-25-10-7-22/h1-5,8,13,17H,6-7,9-12H2,(H2,20,21,23)/t17-/m1/s1. The minimum absolute atomic E-state index is 0.140. The molecule has 7 heteroatoms. The maximum atomic E-state index is 12.1. The van der Waals surface area contributed by atoms with Crippen molar-refractivity contribution in [3.05, 3.63) is 59.0 Å². The number of amides is 2. The lowest BCUT2D eigenvalue weighted by molar-refractivity contribution is 0.205. The first kappa shape index (κ1) is 18.2. The summed E-state index contributed by atoms with van der Waals surface area (Å²) in [6.07, 6.45) is 3.45. The largest absolute Gasteiger partial charge is 0.472 e. The van der Waals surface area contributed by atoms with Crippen molar-refractivity contribution in [3.8, 4) is 0 Å². The van der Waals surface area contributed by atoms with E-state index in [-0.39, 0.29) is 12.1 Å². The van der Waals surface area contributed by atoms with Crippen molar-refractivity contribution in [3.63, 3.8) is 0 Å². The Morgan fingerprint density at radius 2 is 1.96 bits per heavy atom. The molecule has 1 aliphatic rings. The molecular weight excluding hydrogens is 358 g/mol. The topological polar surface area (TPSA) is 57.5 Å². The zero-order valence-corrected chi connectivity index (χ0v) is 15.5. The van der Waals surface area contributed by atoms with Crippen molar-refractivity contribution in [1.29, 1.82) is 0 Å². The van der Waals surface area contributed by atoms with Gasteiger partial charge in [0.15, 0.2) is 0 Å². The number of thioether (sulfide) groups is 1. The number of rotatable bonds is 6. The molecule has 2 aromatic rings. The van der Waals surface area contributed by atoms with E-state index < -0.39 is 0 Å². The van der Waals surface area contributed by atoms with Crippen LogP contribution in [0.2, 0.25) is 5.02 Å². The quantitative estimate of drug-likeness (QED) is 0.806. The minimum atomic E-state index is -0.171. The van der Waals surface area contributed by atoms with Crippen LogP contribution in [0, 0.1) is 0 Å². The summed E-state index contributed by atoms with van der Waals surface area (Å²) in [4.78, 5) is 14.5. The summed E-state index contributed by atoms with van der Waals surface area (Å²) in [5, 5.41) is 6.56. The highest BCUT2D eigenvalue weighted by Crippen LogP contribution is 2.24. The third-order valence-corrected chi connectivity index (χ3v) is 5.43. The predicted octanol–water partition coefficient (Wildman–Crippen LogP) is 3.52. The molecule has 134 valence electrons. The van der Waals surface area contributed by atoms with E-state index in [4.69, 9.17) is 16.0 Å². The molecule has 0 unspecified atom stereocenters. The second-order valence-corrected chi connectivity index (χ2v) is 7.57. The zero-order valence-electron chi connectivity index (χ0n) is 13.9. The molecule has 25 heavy (non-hydrogen) atoms. The Morgan fingerprint density at radius 1 is 1.20 bits per heavy atom. The Kier molecular flexibility index (Phi) is 6.67. The van der Waals surface area contributed by atoms with E-state index in [1.165, 1.54) is 0 Å². The van der Waals surface area contributed by atoms with Crippen LogP contribution in [0.1, 0.15) is 17.2 Å². The normalized spacial score (nSPS) is 16.4. The maximum absolute atomic E-state index is 12.1. The highest BCUT2D eigenvalue weighted by atomic mass is 35.5. The highest BCUT2D eigenvalue weighted by molar-refractivity contribution is 7.99. The van der Waals surface area contributed by atoms with Crippen LogP contribution in [0.15, 0.2) is 47.3 Å². The Hall–Kier alpha value is -1.63. The van der Waals surface area contributed by atoms with Gasteiger partial charge in [0.2, 0.25) is 0 Å². The fraction of sp³-hybridized carbons (Fsp3) is 0.389. The lowest BCUT2D eigenvalue weighted by atomic mass is 10.1. The highest BCUT2D eigenvalue weighted by Gasteiger charge is 2.23. The number of carbonyl (C=O) groups is 1. The van der Waals surface area contributed by atoms with E-state index in [1.807, 2.05) is 42.1 Å². The van der Waals surface area contributed by atoms with Crippen LogP contribution in [0.3, 0.4) is 0 Å². The summed E-state index contributed by atoms with van der Waals surface area (Å²) in [5.41, 5.74) is 2.11. The summed E-state index contributed by atoms with van der Waals surface area (Å²) in [6, 6.07) is 9.39. The van der Waals surface area contributed by atoms with Crippen molar-refractivity contribution in [2.45, 2.75) is 12.6 Å². The van der Waals surface area contributed by atoms with Gasteiger partial charge in [-0.1, -0.05) is 23.7 Å². The molecule has 2 heterocycles. The number of nitrogens with zero attached hydrogens (tertiary/aromatic N) is 1. The Balaban J connectivity index is 1.51. The van der Waals surface area contributed by atoms with Crippen LogP contribution in [0.4, 0.5) is 4.79 Å². The first-order chi connectivity index (χ1) is 12.2. The molecule has 5 nitrogen and oxygen atoms in total. The number of hydrogen-bond acceptors (Lipinski definition) is 4. The fourth-order valence-corrected chi connectivity index (χ4v) is 3.91. The monoisotopic (exact) mass is 379 g/mol. The van der Waals surface area contributed by atoms with Crippen LogP contribution in [-0.4, -0.2) is 42.1 Å². The molecule has 2 amide bonds. The van der Waals surface area contributed by atoms with Crippen molar-refractivity contribution in [2.75, 3.05) is 31.1 Å². The number of halogens is 1. The van der Waals surface area contributed by atoms with Gasteiger partial charge in [0.05, 0.1) is 18.6 Å². The van der Waals surface area contributed by atoms with Gasteiger partial charge in [0.25, 0.3) is 0 Å². The summed E-state index contributed by atoms with van der Waals surface area (Å²) in [5.74, 6) is 2.24. The summed E-state index contributed by atoms with van der Waals surface area (Å²) < 4.78 is 5.24. The van der Waals surface area contributed by atoms with Crippen molar-refractivity contribution < 1.29 is 9.21 Å². The lowest BCUT2D eigenvalue weighted by Crippen LogP contribution is -2.44. The van der Waals surface area contributed by atoms with E-state index in [0.717, 1.165) is 35.7 Å². The predicted molar refractivity (Wildman–Crippen MR) is 102 cm³/mol. The molecule has 1 aromatic heterocycles. The lowest BCUT2D eigenvalue weighted by Gasteiger charge is -2.33. The fourth-order valence-electron chi connectivity index (χ4n) is 2.85. The maximum Gasteiger partial charge on any atom is 0.315 e. The van der Waals surface area contributed by atoms with Gasteiger partial charge < -0.3 is 15.1 Å². The van der Waals surface area contributed by atoms with E-state index in [9.17, 15) is 4.79 Å². The van der Waals surface area contributed by atoms with E-state index in [1.54, 1.807) is 12.5 Å². The second-order valence-electron chi connectivity index (χ2n) is 5.91. The second kappa shape index (κ2) is 9.17. The summed E-state index contributed by atoms with van der Waals surface area (Å²) in [7, 11) is 0. The molecule has 0 spiro atoms. The van der Waals surface area contributed by atoms with E-state index in [0.29, 0.717) is 18.1 Å². The summed E-state index contributed by atoms with van der Waals surface area (Å²) >= 11 is 7.84. The van der Waals surface area contributed by atoms with Crippen LogP contribution >= 0.6 is 23.4 Å². The molecule has 1 atom stereocenters. The molecule has 1 aliphatic heterocycles. The van der Waals surface area contributed by atoms with Gasteiger partial charge in [-0.15, -0.1) is 0 Å². The zero-order chi connectivity index (χ0) is 17.5. The molecule has 0 bridgehead atoms. The van der Waals surface area contributed by atoms with Gasteiger partial charge in [0, 0.05) is 48.3 Å². The number of carbonyl (C=O) groups excluding carboxylic acids is 1. The molecule has 1 saturated heterocycles. The SMILES string of the molecule is O=C(NCc1ccc(Cl)cc1)NC[C@H](c1ccoc1)N1CCSCC1. The van der Waals surface area contributed by atoms with Crippen molar-refractivity contribution >= 4 is 29.4 Å². The van der Waals surface area contributed by atoms with Gasteiger partial charge in [-0.05, 0) is 23.8 Å². The van der Waals surface area contributed by atoms with Gasteiger partial charge >= 0.3 is 6.03 Å². The number of hydrogen-bond donors (Lipinski definition) is 2. The number of benzene rings is 1. The molecule has 2 N–H and O–H groups in total. The van der Waals surface area contributed by atoms with Gasteiger partial charge in [-0.3, -0.25) is 4.90 Å². The summed E-state index contributed by atoms with van der Waals surface area (Å²) in [6.45, 7) is 3.07. The van der Waals surface area contributed by atoms with Crippen LogP contribution < -0.4 is 10.6 Å². The first-order valence-electron chi connectivity index (χ1n) is 8.32. The van der Waals surface area contributed by atoms with Crippen molar-refractivity contribution in [2.24, 2.45) is 0 Å². The Labute approximate surface area is 157 Å². The third kappa shape index (κ3) is 5.42. The van der Waals surface area contributed by atoms with E-state index >= 15 is 0 Å². The van der Waals surface area contributed by atoms with E-state index in [2.05, 4.69) is 15.5 Å². The van der Waals surface area contributed by atoms with Gasteiger partial charge in [-0.2, -0.15) is 11.8 Å². The molecule has 0 aliphatic carbocycles. The van der Waals surface area contributed by atoms with Crippen LogP contribution in [0.25, 0.3) is 0 Å².